The van der Waals surface area contributed by atoms with Crippen LogP contribution in [0.5, 0.6) is 0 Å². The first-order chi connectivity index (χ1) is 10.3. The van der Waals surface area contributed by atoms with Gasteiger partial charge in [-0.15, -0.1) is 0 Å². The molecule has 2 N–H and O–H groups in total. The van der Waals surface area contributed by atoms with Crippen LogP contribution in [0.25, 0.3) is 0 Å². The number of hydrogen-bond donors (Lipinski definition) is 2. The lowest BCUT2D eigenvalue weighted by molar-refractivity contribution is 0.141. The second-order valence-corrected chi connectivity index (χ2v) is 6.00. The van der Waals surface area contributed by atoms with Crippen LogP contribution in [0.2, 0.25) is 0 Å². The molecule has 2 aromatic carbocycles. The molecule has 1 unspecified atom stereocenters. The highest BCUT2D eigenvalue weighted by molar-refractivity contribution is 5.36. The molecular formula is C19H23NO. The molecule has 2 heteroatoms. The monoisotopic (exact) mass is 281 g/mol. The summed E-state index contributed by atoms with van der Waals surface area (Å²) in [5.41, 5.74) is 3.92. The standard InChI is InChI=1S/C19H23NO/c1-14(15-7-3-2-4-8-15)11-12-20-19-17-10-6-5-9-16(17)13-18(19)21/h2-10,14,18-21H,11-13H2,1H3/t14?,18-,19+/m0/s1. The van der Waals surface area contributed by atoms with Crippen molar-refractivity contribution in [2.75, 3.05) is 6.54 Å². The Labute approximate surface area is 126 Å². The molecule has 0 fully saturated rings. The summed E-state index contributed by atoms with van der Waals surface area (Å²) in [5, 5.41) is 13.8. The third kappa shape index (κ3) is 3.17. The highest BCUT2D eigenvalue weighted by atomic mass is 16.3. The largest absolute Gasteiger partial charge is 0.391 e. The molecule has 0 bridgehead atoms. The summed E-state index contributed by atoms with van der Waals surface area (Å²) >= 11 is 0. The van der Waals surface area contributed by atoms with E-state index in [1.165, 1.54) is 16.7 Å². The SMILES string of the molecule is CC(CCN[C@@H]1c2ccccc2C[C@@H]1O)c1ccccc1. The Morgan fingerprint density at radius 1 is 1.10 bits per heavy atom. The van der Waals surface area contributed by atoms with E-state index in [9.17, 15) is 5.11 Å². The minimum atomic E-state index is -0.297. The molecule has 110 valence electrons. The highest BCUT2D eigenvalue weighted by Crippen LogP contribution is 2.31. The minimum absolute atomic E-state index is 0.0872. The quantitative estimate of drug-likeness (QED) is 0.880. The molecule has 0 saturated carbocycles. The number of nitrogens with one attached hydrogen (secondary N) is 1. The summed E-state index contributed by atoms with van der Waals surface area (Å²) in [6.45, 7) is 3.18. The first-order valence-electron chi connectivity index (χ1n) is 7.80. The van der Waals surface area contributed by atoms with E-state index in [2.05, 4.69) is 60.8 Å². The molecule has 21 heavy (non-hydrogen) atoms. The topological polar surface area (TPSA) is 32.3 Å². The predicted octanol–water partition coefficient (Wildman–Crippen LogP) is 3.43. The summed E-state index contributed by atoms with van der Waals surface area (Å²) in [4.78, 5) is 0. The van der Waals surface area contributed by atoms with Gasteiger partial charge in [-0.25, -0.2) is 0 Å². The summed E-state index contributed by atoms with van der Waals surface area (Å²) < 4.78 is 0. The minimum Gasteiger partial charge on any atom is -0.391 e. The average Bonchev–Trinajstić information content (AvgIpc) is 2.84. The Hall–Kier alpha value is -1.64. The zero-order valence-corrected chi connectivity index (χ0v) is 12.5. The van der Waals surface area contributed by atoms with Gasteiger partial charge >= 0.3 is 0 Å². The van der Waals surface area contributed by atoms with Gasteiger partial charge in [0, 0.05) is 6.42 Å². The molecule has 3 rings (SSSR count). The molecule has 0 radical (unpaired) electrons. The Kier molecular flexibility index (Phi) is 4.37. The maximum Gasteiger partial charge on any atom is 0.0775 e. The van der Waals surface area contributed by atoms with Crippen molar-refractivity contribution in [3.8, 4) is 0 Å². The van der Waals surface area contributed by atoms with Crippen molar-refractivity contribution in [2.24, 2.45) is 0 Å². The molecule has 3 atom stereocenters. The fourth-order valence-electron chi connectivity index (χ4n) is 3.22. The Bertz CT molecular complexity index is 581. The van der Waals surface area contributed by atoms with Crippen LogP contribution in [0.3, 0.4) is 0 Å². The van der Waals surface area contributed by atoms with E-state index < -0.39 is 0 Å². The molecular weight excluding hydrogens is 258 g/mol. The molecule has 1 aliphatic carbocycles. The molecule has 0 spiro atoms. The van der Waals surface area contributed by atoms with Crippen LogP contribution >= 0.6 is 0 Å². The van der Waals surface area contributed by atoms with Gasteiger partial charge in [0.15, 0.2) is 0 Å². The normalized spacial score (nSPS) is 22.0. The molecule has 0 saturated heterocycles. The van der Waals surface area contributed by atoms with Crippen LogP contribution in [-0.2, 0) is 6.42 Å². The van der Waals surface area contributed by atoms with Crippen molar-refractivity contribution in [3.63, 3.8) is 0 Å². The van der Waals surface area contributed by atoms with Crippen LogP contribution in [0, 0.1) is 0 Å². The number of rotatable bonds is 5. The van der Waals surface area contributed by atoms with Crippen molar-refractivity contribution in [1.82, 2.24) is 5.32 Å². The van der Waals surface area contributed by atoms with Crippen LogP contribution in [0.4, 0.5) is 0 Å². The van der Waals surface area contributed by atoms with Gasteiger partial charge in [0.05, 0.1) is 12.1 Å². The van der Waals surface area contributed by atoms with E-state index in [1.807, 2.05) is 6.07 Å². The number of fused-ring (bicyclic) bond motifs is 1. The Balaban J connectivity index is 1.56. The fraction of sp³-hybridized carbons (Fsp3) is 0.368. The molecule has 1 aliphatic rings. The summed E-state index contributed by atoms with van der Waals surface area (Å²) in [6.07, 6.45) is 1.55. The molecule has 2 nitrogen and oxygen atoms in total. The van der Waals surface area contributed by atoms with Gasteiger partial charge in [-0.05, 0) is 35.6 Å². The lowest BCUT2D eigenvalue weighted by Crippen LogP contribution is -2.30. The van der Waals surface area contributed by atoms with Gasteiger partial charge in [0.1, 0.15) is 0 Å². The van der Waals surface area contributed by atoms with E-state index in [1.54, 1.807) is 0 Å². The smallest absolute Gasteiger partial charge is 0.0775 e. The third-order valence-corrected chi connectivity index (χ3v) is 4.51. The molecule has 0 heterocycles. The lowest BCUT2D eigenvalue weighted by Gasteiger charge is -2.19. The summed E-state index contributed by atoms with van der Waals surface area (Å²) in [5.74, 6) is 0.535. The zero-order valence-electron chi connectivity index (χ0n) is 12.5. The Morgan fingerprint density at radius 2 is 1.81 bits per heavy atom. The number of benzene rings is 2. The fourth-order valence-corrected chi connectivity index (χ4v) is 3.22. The van der Waals surface area contributed by atoms with Gasteiger partial charge < -0.3 is 10.4 Å². The van der Waals surface area contributed by atoms with E-state index >= 15 is 0 Å². The first kappa shape index (κ1) is 14.3. The van der Waals surface area contributed by atoms with Crippen molar-refractivity contribution in [1.29, 1.82) is 0 Å². The maximum absolute atomic E-state index is 10.2. The van der Waals surface area contributed by atoms with E-state index in [-0.39, 0.29) is 12.1 Å². The zero-order chi connectivity index (χ0) is 14.7. The second-order valence-electron chi connectivity index (χ2n) is 6.00. The molecule has 0 aromatic heterocycles. The Morgan fingerprint density at radius 3 is 2.62 bits per heavy atom. The van der Waals surface area contributed by atoms with E-state index in [4.69, 9.17) is 0 Å². The van der Waals surface area contributed by atoms with Crippen molar-refractivity contribution in [2.45, 2.75) is 37.8 Å². The molecule has 2 aromatic rings. The average molecular weight is 281 g/mol. The van der Waals surface area contributed by atoms with Gasteiger partial charge in [-0.1, -0.05) is 61.5 Å². The van der Waals surface area contributed by atoms with Gasteiger partial charge in [-0.3, -0.25) is 0 Å². The number of aliphatic hydroxyl groups is 1. The first-order valence-corrected chi connectivity index (χ1v) is 7.80. The number of hydrogen-bond acceptors (Lipinski definition) is 2. The van der Waals surface area contributed by atoms with Crippen molar-refractivity contribution < 1.29 is 5.11 Å². The third-order valence-electron chi connectivity index (χ3n) is 4.51. The van der Waals surface area contributed by atoms with Crippen molar-refractivity contribution >= 4 is 0 Å². The van der Waals surface area contributed by atoms with Gasteiger partial charge in [0.2, 0.25) is 0 Å². The van der Waals surface area contributed by atoms with Crippen LogP contribution in [0.15, 0.2) is 54.6 Å². The van der Waals surface area contributed by atoms with Crippen LogP contribution < -0.4 is 5.32 Å². The summed E-state index contributed by atoms with van der Waals surface area (Å²) in [7, 11) is 0. The molecule has 0 amide bonds. The van der Waals surface area contributed by atoms with Gasteiger partial charge in [-0.2, -0.15) is 0 Å². The van der Waals surface area contributed by atoms with Crippen LogP contribution in [-0.4, -0.2) is 17.8 Å². The van der Waals surface area contributed by atoms with Gasteiger partial charge in [0.25, 0.3) is 0 Å². The number of aliphatic hydroxyl groups excluding tert-OH is 1. The predicted molar refractivity (Wildman–Crippen MR) is 86.4 cm³/mol. The lowest BCUT2D eigenvalue weighted by atomic mass is 9.97. The summed E-state index contributed by atoms with van der Waals surface area (Å²) in [6, 6.07) is 19.0. The van der Waals surface area contributed by atoms with E-state index in [0.29, 0.717) is 5.92 Å². The van der Waals surface area contributed by atoms with Crippen molar-refractivity contribution in [3.05, 3.63) is 71.3 Å². The van der Waals surface area contributed by atoms with Crippen LogP contribution in [0.1, 0.15) is 42.0 Å². The van der Waals surface area contributed by atoms with E-state index in [0.717, 1.165) is 19.4 Å². The second kappa shape index (κ2) is 6.42. The highest BCUT2D eigenvalue weighted by Gasteiger charge is 2.29. The maximum atomic E-state index is 10.2. The molecule has 0 aliphatic heterocycles.